The zero-order valence-electron chi connectivity index (χ0n) is 18.1. The average Bonchev–Trinajstić information content (AvgIpc) is 2.85. The van der Waals surface area contributed by atoms with Gasteiger partial charge < -0.3 is 19.6 Å². The topological polar surface area (TPSA) is 78.8 Å². The normalized spacial score (nSPS) is 14.1. The van der Waals surface area contributed by atoms with Gasteiger partial charge in [0.05, 0.1) is 24.0 Å². The molecule has 0 atom stereocenters. The Morgan fingerprint density at radius 3 is 2.56 bits per heavy atom. The number of hydrogen-bond acceptors (Lipinski definition) is 5. The molecule has 1 saturated heterocycles. The molecule has 3 heterocycles. The quantitative estimate of drug-likeness (QED) is 0.431. The number of carbonyl (C=O) groups is 1. The smallest absolute Gasteiger partial charge is 0.407 e. The fourth-order valence-electron chi connectivity index (χ4n) is 4.39. The number of nitrogens with zero attached hydrogens (tertiary/aromatic N) is 4. The van der Waals surface area contributed by atoms with Gasteiger partial charge in [-0.25, -0.2) is 18.6 Å². The van der Waals surface area contributed by atoms with E-state index in [-0.39, 0.29) is 16.2 Å². The van der Waals surface area contributed by atoms with Crippen LogP contribution in [0.25, 0.3) is 32.9 Å². The van der Waals surface area contributed by atoms with Crippen LogP contribution in [-0.2, 0) is 0 Å². The molecule has 2 aromatic carbocycles. The fraction of sp³-hybridized carbons (Fsp3) is 0.208. The van der Waals surface area contributed by atoms with Crippen LogP contribution >= 0.6 is 11.6 Å². The van der Waals surface area contributed by atoms with Crippen molar-refractivity contribution in [1.82, 2.24) is 14.9 Å². The van der Waals surface area contributed by atoms with Crippen molar-refractivity contribution in [3.8, 4) is 17.0 Å². The number of fused-ring (bicyclic) bond motifs is 2. The van der Waals surface area contributed by atoms with Crippen molar-refractivity contribution in [1.29, 1.82) is 0 Å². The Labute approximate surface area is 198 Å². The Balaban J connectivity index is 1.67. The predicted molar refractivity (Wildman–Crippen MR) is 126 cm³/mol. The van der Waals surface area contributed by atoms with Gasteiger partial charge >= 0.3 is 6.09 Å². The van der Waals surface area contributed by atoms with E-state index in [4.69, 9.17) is 16.3 Å². The summed E-state index contributed by atoms with van der Waals surface area (Å²) in [6, 6.07) is 7.98. The molecule has 34 heavy (non-hydrogen) atoms. The average molecular weight is 485 g/mol. The van der Waals surface area contributed by atoms with E-state index in [1.54, 1.807) is 24.3 Å². The molecule has 0 bridgehead atoms. The molecule has 5 rings (SSSR count). The third kappa shape index (κ3) is 3.52. The highest BCUT2D eigenvalue weighted by Crippen LogP contribution is 2.40. The van der Waals surface area contributed by atoms with Crippen LogP contribution in [0.5, 0.6) is 5.75 Å². The molecule has 1 fully saturated rings. The minimum Gasteiger partial charge on any atom is -0.493 e. The Bertz CT molecular complexity index is 1440. The number of methoxy groups -OCH3 is 1. The Morgan fingerprint density at radius 2 is 1.85 bits per heavy atom. The van der Waals surface area contributed by atoms with Crippen molar-refractivity contribution in [2.45, 2.75) is 0 Å². The first-order chi connectivity index (χ1) is 16.4. The molecule has 7 nitrogen and oxygen atoms in total. The van der Waals surface area contributed by atoms with Gasteiger partial charge in [0.1, 0.15) is 17.0 Å². The van der Waals surface area contributed by atoms with Crippen molar-refractivity contribution in [3.63, 3.8) is 0 Å². The molecule has 10 heteroatoms. The summed E-state index contributed by atoms with van der Waals surface area (Å²) in [5, 5.41) is 10.6. The highest BCUT2D eigenvalue weighted by atomic mass is 35.5. The van der Waals surface area contributed by atoms with Gasteiger partial charge in [-0.2, -0.15) is 0 Å². The summed E-state index contributed by atoms with van der Waals surface area (Å²) in [5.74, 6) is -0.840. The van der Waals surface area contributed by atoms with Gasteiger partial charge in [0.25, 0.3) is 0 Å². The molecule has 174 valence electrons. The molecule has 2 aromatic heterocycles. The molecule has 4 aromatic rings. The number of anilines is 1. The van der Waals surface area contributed by atoms with Gasteiger partial charge in [0.2, 0.25) is 0 Å². The zero-order chi connectivity index (χ0) is 24.0. The van der Waals surface area contributed by atoms with Gasteiger partial charge in [-0.1, -0.05) is 35.9 Å². The Hall–Kier alpha value is -3.72. The largest absolute Gasteiger partial charge is 0.493 e. The monoisotopic (exact) mass is 484 g/mol. The van der Waals surface area contributed by atoms with E-state index in [2.05, 4.69) is 9.97 Å². The number of benzene rings is 2. The van der Waals surface area contributed by atoms with Gasteiger partial charge in [0, 0.05) is 48.7 Å². The Kier molecular flexibility index (Phi) is 5.57. The lowest BCUT2D eigenvalue weighted by atomic mass is 10.00. The molecular weight excluding hydrogens is 466 g/mol. The third-order valence-electron chi connectivity index (χ3n) is 6.07. The van der Waals surface area contributed by atoms with E-state index in [1.165, 1.54) is 30.5 Å². The van der Waals surface area contributed by atoms with Gasteiger partial charge in [-0.3, -0.25) is 4.98 Å². The Morgan fingerprint density at radius 1 is 1.09 bits per heavy atom. The minimum absolute atomic E-state index is 0.00455. The van der Waals surface area contributed by atoms with Crippen molar-refractivity contribution < 1.29 is 23.4 Å². The van der Waals surface area contributed by atoms with Crippen LogP contribution in [0.2, 0.25) is 5.02 Å². The van der Waals surface area contributed by atoms with Crippen LogP contribution in [0.1, 0.15) is 0 Å². The highest BCUT2D eigenvalue weighted by molar-refractivity contribution is 6.36. The maximum absolute atomic E-state index is 15.9. The summed E-state index contributed by atoms with van der Waals surface area (Å²) < 4.78 is 35.5. The van der Waals surface area contributed by atoms with Crippen LogP contribution in [0.3, 0.4) is 0 Å². The predicted octanol–water partition coefficient (Wildman–Crippen LogP) is 5.19. The number of aromatic nitrogens is 2. The molecule has 0 radical (unpaired) electrons. The molecule has 0 unspecified atom stereocenters. The molecular formula is C24H19ClF2N4O3. The van der Waals surface area contributed by atoms with Crippen LogP contribution in [0, 0.1) is 11.6 Å². The van der Waals surface area contributed by atoms with E-state index in [0.717, 1.165) is 0 Å². The molecule has 0 spiro atoms. The van der Waals surface area contributed by atoms with Crippen molar-refractivity contribution in [2.75, 3.05) is 38.2 Å². The first-order valence-electron chi connectivity index (χ1n) is 10.5. The van der Waals surface area contributed by atoms with E-state index in [0.29, 0.717) is 59.3 Å². The summed E-state index contributed by atoms with van der Waals surface area (Å²) in [6.07, 6.45) is 1.96. The van der Waals surface area contributed by atoms with Gasteiger partial charge in [0.15, 0.2) is 11.6 Å². The number of rotatable bonds is 3. The lowest BCUT2D eigenvalue weighted by molar-refractivity contribution is 0.142. The number of pyridine rings is 2. The zero-order valence-corrected chi connectivity index (χ0v) is 18.8. The van der Waals surface area contributed by atoms with E-state index in [9.17, 15) is 14.3 Å². The van der Waals surface area contributed by atoms with Crippen LogP contribution in [0.15, 0.2) is 42.7 Å². The maximum atomic E-state index is 15.9. The first kappa shape index (κ1) is 22.1. The summed E-state index contributed by atoms with van der Waals surface area (Å²) in [5.41, 5.74) is 1.03. The molecule has 1 aliphatic rings. The molecule has 0 aliphatic carbocycles. The summed E-state index contributed by atoms with van der Waals surface area (Å²) in [4.78, 5) is 23.2. The number of carboxylic acid groups (broad SMARTS) is 1. The van der Waals surface area contributed by atoms with Crippen molar-refractivity contribution in [2.24, 2.45) is 0 Å². The van der Waals surface area contributed by atoms with E-state index in [1.807, 2.05) is 4.90 Å². The molecule has 0 saturated carbocycles. The number of ether oxygens (including phenoxy) is 1. The van der Waals surface area contributed by atoms with Gasteiger partial charge in [-0.05, 0) is 11.5 Å². The molecule has 1 N–H and O–H groups in total. The van der Waals surface area contributed by atoms with Gasteiger partial charge in [-0.15, -0.1) is 0 Å². The molecule has 1 amide bonds. The standard InChI is InChI=1S/C24H19ClF2N4O3/c1-34-17-12-29-22-15(23(17)30-7-9-31(10-8-30)24(32)33)11-28-21(20(22)27)14-4-2-3-13-5-6-16(26)19(25)18(13)14/h2-6,11-12H,7-10H2,1H3,(H,32,33). The minimum atomic E-state index is -0.978. The fourth-order valence-corrected chi connectivity index (χ4v) is 4.66. The van der Waals surface area contributed by atoms with Crippen LogP contribution in [-0.4, -0.2) is 59.4 Å². The van der Waals surface area contributed by atoms with E-state index < -0.39 is 17.7 Å². The SMILES string of the molecule is COc1cnc2c(F)c(-c3cccc4ccc(F)c(Cl)c34)ncc2c1N1CCN(C(=O)O)CC1. The second-order valence-corrected chi connectivity index (χ2v) is 8.26. The summed E-state index contributed by atoms with van der Waals surface area (Å²) in [6.45, 7) is 1.42. The van der Waals surface area contributed by atoms with Crippen LogP contribution in [0.4, 0.5) is 19.3 Å². The number of halogens is 3. The van der Waals surface area contributed by atoms with Crippen molar-refractivity contribution >= 4 is 45.1 Å². The molecule has 1 aliphatic heterocycles. The third-order valence-corrected chi connectivity index (χ3v) is 6.44. The number of piperazine rings is 1. The summed E-state index contributed by atoms with van der Waals surface area (Å²) >= 11 is 6.24. The maximum Gasteiger partial charge on any atom is 0.407 e. The van der Waals surface area contributed by atoms with Crippen LogP contribution < -0.4 is 9.64 Å². The summed E-state index contributed by atoms with van der Waals surface area (Å²) in [7, 11) is 1.49. The lowest BCUT2D eigenvalue weighted by Gasteiger charge is -2.35. The number of hydrogen-bond donors (Lipinski definition) is 1. The highest BCUT2D eigenvalue weighted by Gasteiger charge is 2.26. The lowest BCUT2D eigenvalue weighted by Crippen LogP contribution is -2.48. The number of amides is 1. The second-order valence-electron chi connectivity index (χ2n) is 7.88. The second kappa shape index (κ2) is 8.57. The van der Waals surface area contributed by atoms with Crippen molar-refractivity contribution in [3.05, 3.63) is 59.4 Å². The first-order valence-corrected chi connectivity index (χ1v) is 10.9. The van der Waals surface area contributed by atoms with E-state index >= 15 is 4.39 Å².